The highest BCUT2D eigenvalue weighted by Gasteiger charge is 2.30. The summed E-state index contributed by atoms with van der Waals surface area (Å²) in [6.45, 7) is 2.04. The molecule has 3 heteroatoms. The number of hydrogen-bond donors (Lipinski definition) is 1. The second kappa shape index (κ2) is 6.06. The lowest BCUT2D eigenvalue weighted by Gasteiger charge is -2.33. The Labute approximate surface area is 124 Å². The molecule has 3 atom stereocenters. The molecule has 1 fully saturated rings. The highest BCUT2D eigenvalue weighted by Crippen LogP contribution is 2.37. The first-order valence-electron chi connectivity index (χ1n) is 7.36. The lowest BCUT2D eigenvalue weighted by atomic mass is 9.75. The number of aliphatic hydroxyl groups is 1. The average Bonchev–Trinajstić information content (AvgIpc) is 2.88. The van der Waals surface area contributed by atoms with E-state index >= 15 is 0 Å². The minimum atomic E-state index is -0.169. The predicted molar refractivity (Wildman–Crippen MR) is 83.1 cm³/mol. The summed E-state index contributed by atoms with van der Waals surface area (Å²) >= 11 is 1.70. The Bertz CT molecular complexity index is 551. The number of aliphatic hydroxyl groups excluding tert-OH is 1. The molecule has 1 saturated carbocycles. The van der Waals surface area contributed by atoms with Crippen molar-refractivity contribution in [2.45, 2.75) is 44.6 Å². The standard InChI is InChI=1S/C17H21NOS/c1-12-18-16(11-20-12)10-15-9-14(7-8-17(15)19)13-5-3-2-4-6-13/h2-6,11,14-15,17,19H,7-10H2,1H3. The van der Waals surface area contributed by atoms with E-state index in [0.29, 0.717) is 11.8 Å². The van der Waals surface area contributed by atoms with Gasteiger partial charge in [0.05, 0.1) is 16.8 Å². The van der Waals surface area contributed by atoms with Crippen molar-refractivity contribution in [3.05, 3.63) is 52.0 Å². The number of hydrogen-bond acceptors (Lipinski definition) is 3. The molecule has 3 rings (SSSR count). The Balaban J connectivity index is 1.70. The molecule has 1 aromatic carbocycles. The first-order chi connectivity index (χ1) is 9.72. The molecule has 0 amide bonds. The first kappa shape index (κ1) is 13.8. The van der Waals surface area contributed by atoms with Crippen LogP contribution in [0, 0.1) is 12.8 Å². The maximum Gasteiger partial charge on any atom is 0.0897 e. The first-order valence-corrected chi connectivity index (χ1v) is 8.24. The van der Waals surface area contributed by atoms with Crippen molar-refractivity contribution in [1.82, 2.24) is 4.98 Å². The summed E-state index contributed by atoms with van der Waals surface area (Å²) in [6.07, 6.45) is 3.82. The zero-order valence-electron chi connectivity index (χ0n) is 11.8. The molecule has 0 spiro atoms. The van der Waals surface area contributed by atoms with Gasteiger partial charge in [-0.1, -0.05) is 30.3 Å². The van der Waals surface area contributed by atoms with Crippen LogP contribution in [-0.4, -0.2) is 16.2 Å². The second-order valence-electron chi connectivity index (χ2n) is 5.81. The molecule has 1 aliphatic rings. The normalized spacial score (nSPS) is 26.6. The van der Waals surface area contributed by atoms with Gasteiger partial charge >= 0.3 is 0 Å². The lowest BCUT2D eigenvalue weighted by Crippen LogP contribution is -2.30. The fourth-order valence-corrected chi connectivity index (χ4v) is 3.89. The van der Waals surface area contributed by atoms with Crippen LogP contribution in [0.5, 0.6) is 0 Å². The lowest BCUT2D eigenvalue weighted by molar-refractivity contribution is 0.0615. The van der Waals surface area contributed by atoms with Crippen LogP contribution in [0.2, 0.25) is 0 Å². The van der Waals surface area contributed by atoms with E-state index in [4.69, 9.17) is 0 Å². The third-order valence-electron chi connectivity index (χ3n) is 4.35. The molecule has 3 unspecified atom stereocenters. The van der Waals surface area contributed by atoms with Gasteiger partial charge in [0.2, 0.25) is 0 Å². The number of benzene rings is 1. The smallest absolute Gasteiger partial charge is 0.0897 e. The highest BCUT2D eigenvalue weighted by molar-refractivity contribution is 7.09. The van der Waals surface area contributed by atoms with Crippen molar-refractivity contribution >= 4 is 11.3 Å². The summed E-state index contributed by atoms with van der Waals surface area (Å²) in [5, 5.41) is 13.5. The zero-order valence-corrected chi connectivity index (χ0v) is 12.6. The molecule has 0 saturated heterocycles. The molecule has 1 aromatic heterocycles. The van der Waals surface area contributed by atoms with Crippen molar-refractivity contribution in [3.63, 3.8) is 0 Å². The van der Waals surface area contributed by atoms with Crippen molar-refractivity contribution in [2.24, 2.45) is 5.92 Å². The van der Waals surface area contributed by atoms with Gasteiger partial charge in [0.1, 0.15) is 0 Å². The van der Waals surface area contributed by atoms with Crippen molar-refractivity contribution in [3.8, 4) is 0 Å². The van der Waals surface area contributed by atoms with Crippen LogP contribution < -0.4 is 0 Å². The van der Waals surface area contributed by atoms with Gasteiger partial charge < -0.3 is 5.11 Å². The van der Waals surface area contributed by atoms with E-state index in [1.165, 1.54) is 5.56 Å². The molecular formula is C17H21NOS. The van der Waals surface area contributed by atoms with Crippen LogP contribution in [0.15, 0.2) is 35.7 Å². The van der Waals surface area contributed by atoms with Gasteiger partial charge in [0.15, 0.2) is 0 Å². The average molecular weight is 287 g/mol. The summed E-state index contributed by atoms with van der Waals surface area (Å²) in [4.78, 5) is 4.54. The van der Waals surface area contributed by atoms with Crippen LogP contribution >= 0.6 is 11.3 Å². The zero-order chi connectivity index (χ0) is 13.9. The SMILES string of the molecule is Cc1nc(CC2CC(c3ccccc3)CCC2O)cs1. The van der Waals surface area contributed by atoms with Crippen LogP contribution in [-0.2, 0) is 6.42 Å². The Hall–Kier alpha value is -1.19. The van der Waals surface area contributed by atoms with Crippen molar-refractivity contribution in [1.29, 1.82) is 0 Å². The Morgan fingerprint density at radius 2 is 2.05 bits per heavy atom. The summed E-state index contributed by atoms with van der Waals surface area (Å²) in [7, 11) is 0. The number of aromatic nitrogens is 1. The molecule has 1 N–H and O–H groups in total. The molecule has 0 aliphatic heterocycles. The maximum atomic E-state index is 10.3. The molecule has 0 bridgehead atoms. The molecule has 1 heterocycles. The summed E-state index contributed by atoms with van der Waals surface area (Å²) < 4.78 is 0. The molecule has 2 aromatic rings. The molecule has 1 aliphatic carbocycles. The Kier molecular flexibility index (Phi) is 4.18. The van der Waals surface area contributed by atoms with E-state index in [-0.39, 0.29) is 6.10 Å². The fraction of sp³-hybridized carbons (Fsp3) is 0.471. The largest absolute Gasteiger partial charge is 0.393 e. The Morgan fingerprint density at radius 3 is 2.75 bits per heavy atom. The number of aryl methyl sites for hydroxylation is 1. The van der Waals surface area contributed by atoms with E-state index in [0.717, 1.165) is 36.4 Å². The minimum Gasteiger partial charge on any atom is -0.393 e. The van der Waals surface area contributed by atoms with Crippen molar-refractivity contribution in [2.75, 3.05) is 0 Å². The summed E-state index contributed by atoms with van der Waals surface area (Å²) in [6, 6.07) is 10.7. The number of thiazole rings is 1. The molecule has 20 heavy (non-hydrogen) atoms. The van der Waals surface area contributed by atoms with Gasteiger partial charge in [0.25, 0.3) is 0 Å². The third-order valence-corrected chi connectivity index (χ3v) is 5.17. The van der Waals surface area contributed by atoms with Gasteiger partial charge in [-0.05, 0) is 50.0 Å². The highest BCUT2D eigenvalue weighted by atomic mass is 32.1. The van der Waals surface area contributed by atoms with Gasteiger partial charge in [-0.15, -0.1) is 11.3 Å². The molecule has 0 radical (unpaired) electrons. The van der Waals surface area contributed by atoms with E-state index in [2.05, 4.69) is 40.7 Å². The predicted octanol–water partition coefficient (Wildman–Crippen LogP) is 3.94. The monoisotopic (exact) mass is 287 g/mol. The van der Waals surface area contributed by atoms with Crippen LogP contribution in [0.3, 0.4) is 0 Å². The van der Waals surface area contributed by atoms with Gasteiger partial charge in [-0.3, -0.25) is 0 Å². The minimum absolute atomic E-state index is 0.169. The van der Waals surface area contributed by atoms with Gasteiger partial charge in [-0.25, -0.2) is 4.98 Å². The van der Waals surface area contributed by atoms with Crippen LogP contribution in [0.1, 0.15) is 41.4 Å². The van der Waals surface area contributed by atoms with E-state index < -0.39 is 0 Å². The number of rotatable bonds is 3. The fourth-order valence-electron chi connectivity index (χ4n) is 3.27. The summed E-state index contributed by atoms with van der Waals surface area (Å²) in [5.41, 5.74) is 2.56. The van der Waals surface area contributed by atoms with E-state index in [9.17, 15) is 5.11 Å². The third kappa shape index (κ3) is 3.10. The Morgan fingerprint density at radius 1 is 1.25 bits per heavy atom. The number of nitrogens with zero attached hydrogens (tertiary/aromatic N) is 1. The van der Waals surface area contributed by atoms with Gasteiger partial charge in [-0.2, -0.15) is 0 Å². The van der Waals surface area contributed by atoms with Crippen molar-refractivity contribution < 1.29 is 5.11 Å². The summed E-state index contributed by atoms with van der Waals surface area (Å²) in [5.74, 6) is 0.930. The molecule has 106 valence electrons. The topological polar surface area (TPSA) is 33.1 Å². The molecule has 2 nitrogen and oxygen atoms in total. The second-order valence-corrected chi connectivity index (χ2v) is 6.87. The van der Waals surface area contributed by atoms with E-state index in [1.807, 2.05) is 6.92 Å². The van der Waals surface area contributed by atoms with Gasteiger partial charge in [0, 0.05) is 5.38 Å². The van der Waals surface area contributed by atoms with E-state index in [1.54, 1.807) is 11.3 Å². The quantitative estimate of drug-likeness (QED) is 0.927. The van der Waals surface area contributed by atoms with Crippen LogP contribution in [0.25, 0.3) is 0 Å². The van der Waals surface area contributed by atoms with Crippen LogP contribution in [0.4, 0.5) is 0 Å². The maximum absolute atomic E-state index is 10.3. The molecular weight excluding hydrogens is 266 g/mol.